The topological polar surface area (TPSA) is 105 Å². The summed E-state index contributed by atoms with van der Waals surface area (Å²) in [5.41, 5.74) is 8.53. The molecule has 0 aromatic rings. The van der Waals surface area contributed by atoms with Crippen molar-refractivity contribution in [3.05, 3.63) is 0 Å². The Morgan fingerprint density at radius 2 is 0.938 bits per heavy atom. The van der Waals surface area contributed by atoms with Gasteiger partial charge < -0.3 is 20.9 Å². The second kappa shape index (κ2) is 6.19. The highest BCUT2D eigenvalue weighted by Crippen LogP contribution is 2.05. The molecule has 0 unspecified atom stereocenters. The number of carbonyl (C=O) groups is 2. The molecular formula is C10H22N2O4. The third-order valence-corrected chi connectivity index (χ3v) is 0.814. The fraction of sp³-hybridized carbons (Fsp3) is 0.800. The lowest BCUT2D eigenvalue weighted by Crippen LogP contribution is -2.27. The van der Waals surface area contributed by atoms with Crippen LogP contribution in [0.2, 0.25) is 0 Å². The molecule has 0 bridgehead atoms. The van der Waals surface area contributed by atoms with Crippen LogP contribution in [0.5, 0.6) is 0 Å². The van der Waals surface area contributed by atoms with E-state index in [0.717, 1.165) is 0 Å². The van der Waals surface area contributed by atoms with Gasteiger partial charge in [0.2, 0.25) is 0 Å². The largest absolute Gasteiger partial charge is 0.444 e. The van der Waals surface area contributed by atoms with E-state index in [-0.39, 0.29) is 0 Å². The lowest BCUT2D eigenvalue weighted by atomic mass is 10.2. The van der Waals surface area contributed by atoms with Gasteiger partial charge in [-0.15, -0.1) is 0 Å². The van der Waals surface area contributed by atoms with E-state index in [1.165, 1.54) is 0 Å². The molecule has 0 aromatic heterocycles. The van der Waals surface area contributed by atoms with Crippen molar-refractivity contribution in [3.63, 3.8) is 0 Å². The van der Waals surface area contributed by atoms with Gasteiger partial charge in [-0.25, -0.2) is 9.59 Å². The van der Waals surface area contributed by atoms with Crippen LogP contribution in [-0.4, -0.2) is 23.4 Å². The molecule has 4 N–H and O–H groups in total. The van der Waals surface area contributed by atoms with E-state index in [0.29, 0.717) is 0 Å². The summed E-state index contributed by atoms with van der Waals surface area (Å²) in [4.78, 5) is 20.0. The lowest BCUT2D eigenvalue weighted by Gasteiger charge is -2.16. The molecule has 0 aliphatic carbocycles. The van der Waals surface area contributed by atoms with Crippen molar-refractivity contribution in [1.29, 1.82) is 0 Å². The highest BCUT2D eigenvalue weighted by Gasteiger charge is 2.13. The second-order valence-electron chi connectivity index (χ2n) is 5.07. The number of hydrogen-bond acceptors (Lipinski definition) is 4. The van der Waals surface area contributed by atoms with Gasteiger partial charge in [-0.1, -0.05) is 0 Å². The number of amides is 2. The third-order valence-electron chi connectivity index (χ3n) is 0.814. The van der Waals surface area contributed by atoms with E-state index in [1.54, 1.807) is 41.5 Å². The monoisotopic (exact) mass is 234 g/mol. The predicted octanol–water partition coefficient (Wildman–Crippen LogP) is 1.76. The Morgan fingerprint density at radius 3 is 0.938 bits per heavy atom. The number of ether oxygens (including phenoxy) is 2. The molecule has 0 fully saturated rings. The summed E-state index contributed by atoms with van der Waals surface area (Å²) in [5.74, 6) is 0. The summed E-state index contributed by atoms with van der Waals surface area (Å²) in [6.07, 6.45) is -1.45. The quantitative estimate of drug-likeness (QED) is 0.666. The van der Waals surface area contributed by atoms with Crippen molar-refractivity contribution >= 4 is 12.2 Å². The summed E-state index contributed by atoms with van der Waals surface area (Å²) >= 11 is 0. The maximum atomic E-state index is 10.0. The van der Waals surface area contributed by atoms with Crippen molar-refractivity contribution in [2.45, 2.75) is 52.7 Å². The first-order chi connectivity index (χ1) is 6.83. The Hall–Kier alpha value is -1.46. The molecule has 0 rings (SSSR count). The molecule has 16 heavy (non-hydrogen) atoms. The van der Waals surface area contributed by atoms with Crippen molar-refractivity contribution in [1.82, 2.24) is 0 Å². The highest BCUT2D eigenvalue weighted by atomic mass is 16.6. The van der Waals surface area contributed by atoms with Gasteiger partial charge in [0.1, 0.15) is 11.2 Å². The summed E-state index contributed by atoms with van der Waals surface area (Å²) < 4.78 is 9.15. The minimum Gasteiger partial charge on any atom is -0.444 e. The van der Waals surface area contributed by atoms with Gasteiger partial charge in [-0.2, -0.15) is 0 Å². The molecule has 2 amide bonds. The molecule has 0 aliphatic rings. The third kappa shape index (κ3) is 22.9. The molecule has 6 heteroatoms. The van der Waals surface area contributed by atoms with Crippen LogP contribution in [-0.2, 0) is 9.47 Å². The van der Waals surface area contributed by atoms with Gasteiger partial charge in [0.15, 0.2) is 0 Å². The van der Waals surface area contributed by atoms with E-state index >= 15 is 0 Å². The van der Waals surface area contributed by atoms with Crippen LogP contribution >= 0.6 is 0 Å². The molecule has 96 valence electrons. The molecule has 0 aromatic carbocycles. The molecule has 0 heterocycles. The van der Waals surface area contributed by atoms with Crippen LogP contribution in [0.3, 0.4) is 0 Å². The van der Waals surface area contributed by atoms with Crippen molar-refractivity contribution in [2.24, 2.45) is 11.5 Å². The van der Waals surface area contributed by atoms with Gasteiger partial charge in [0.05, 0.1) is 0 Å². The summed E-state index contributed by atoms with van der Waals surface area (Å²) in [5, 5.41) is 0. The molecule has 0 spiro atoms. The van der Waals surface area contributed by atoms with E-state index in [9.17, 15) is 9.59 Å². The minimum atomic E-state index is -0.725. The maximum Gasteiger partial charge on any atom is 0.405 e. The first-order valence-corrected chi connectivity index (χ1v) is 4.80. The molecule has 0 radical (unpaired) electrons. The van der Waals surface area contributed by atoms with Crippen molar-refractivity contribution < 1.29 is 19.1 Å². The summed E-state index contributed by atoms with van der Waals surface area (Å²) in [7, 11) is 0. The number of primary amides is 2. The highest BCUT2D eigenvalue weighted by molar-refractivity contribution is 5.65. The molecule has 0 atom stereocenters. The Bertz CT molecular complexity index is 212. The van der Waals surface area contributed by atoms with Gasteiger partial charge >= 0.3 is 12.2 Å². The first-order valence-electron chi connectivity index (χ1n) is 4.80. The minimum absolute atomic E-state index is 0.453. The van der Waals surface area contributed by atoms with Crippen LogP contribution in [0.25, 0.3) is 0 Å². The molecule has 0 saturated carbocycles. The summed E-state index contributed by atoms with van der Waals surface area (Å²) in [6.45, 7) is 10.6. The zero-order chi connectivity index (χ0) is 13.6. The van der Waals surface area contributed by atoms with Crippen molar-refractivity contribution in [2.75, 3.05) is 0 Å². The number of hydrogen-bond donors (Lipinski definition) is 2. The predicted molar refractivity (Wildman–Crippen MR) is 60.8 cm³/mol. The van der Waals surface area contributed by atoms with Crippen LogP contribution in [0.1, 0.15) is 41.5 Å². The van der Waals surface area contributed by atoms with Gasteiger partial charge in [-0.05, 0) is 41.5 Å². The van der Waals surface area contributed by atoms with E-state index in [1.807, 2.05) is 0 Å². The fourth-order valence-electron chi connectivity index (χ4n) is 0.604. The van der Waals surface area contributed by atoms with Crippen molar-refractivity contribution in [3.8, 4) is 0 Å². The molecule has 6 nitrogen and oxygen atoms in total. The van der Waals surface area contributed by atoms with Gasteiger partial charge in [0.25, 0.3) is 0 Å². The van der Waals surface area contributed by atoms with E-state index in [2.05, 4.69) is 9.47 Å². The standard InChI is InChI=1S/2C5H11NO2/c2*1-5(2,3)8-4(6)7/h2*1-3H3,(H2,6,7). The van der Waals surface area contributed by atoms with Crippen LogP contribution in [0, 0.1) is 0 Å². The zero-order valence-corrected chi connectivity index (χ0v) is 10.8. The summed E-state index contributed by atoms with van der Waals surface area (Å²) in [6, 6.07) is 0. The first kappa shape index (κ1) is 17.0. The molecule has 0 aliphatic heterocycles. The van der Waals surface area contributed by atoms with Gasteiger partial charge in [-0.3, -0.25) is 0 Å². The smallest absolute Gasteiger partial charge is 0.405 e. The Kier molecular flexibility index (Phi) is 6.56. The Labute approximate surface area is 96.3 Å². The Morgan fingerprint density at radius 1 is 0.750 bits per heavy atom. The fourth-order valence-corrected chi connectivity index (χ4v) is 0.604. The van der Waals surface area contributed by atoms with E-state index in [4.69, 9.17) is 11.5 Å². The molecular weight excluding hydrogens is 212 g/mol. The zero-order valence-electron chi connectivity index (χ0n) is 10.8. The lowest BCUT2D eigenvalue weighted by molar-refractivity contribution is 0.0588. The second-order valence-corrected chi connectivity index (χ2v) is 5.07. The van der Waals surface area contributed by atoms with Crippen LogP contribution in [0.15, 0.2) is 0 Å². The SMILES string of the molecule is CC(C)(C)OC(N)=O.CC(C)(C)OC(N)=O. The average Bonchev–Trinajstić information content (AvgIpc) is 1.72. The number of nitrogens with two attached hydrogens (primary N) is 2. The Balaban J connectivity index is 0. The number of rotatable bonds is 0. The van der Waals surface area contributed by atoms with E-state index < -0.39 is 23.4 Å². The number of carbonyl (C=O) groups excluding carboxylic acids is 2. The van der Waals surface area contributed by atoms with Crippen LogP contribution < -0.4 is 11.5 Å². The van der Waals surface area contributed by atoms with Gasteiger partial charge in [0, 0.05) is 0 Å². The maximum absolute atomic E-state index is 10.0. The van der Waals surface area contributed by atoms with Crippen LogP contribution in [0.4, 0.5) is 9.59 Å². The normalized spacial score (nSPS) is 10.9. The molecule has 0 saturated heterocycles. The average molecular weight is 234 g/mol.